The van der Waals surface area contributed by atoms with Gasteiger partial charge < -0.3 is 20.5 Å². The van der Waals surface area contributed by atoms with Crippen LogP contribution in [-0.2, 0) is 11.2 Å². The van der Waals surface area contributed by atoms with Gasteiger partial charge in [0.25, 0.3) is 0 Å². The number of hydrogen-bond donors (Lipinski definition) is 3. The van der Waals surface area contributed by atoms with Crippen LogP contribution in [0.4, 0.5) is 4.79 Å². The summed E-state index contributed by atoms with van der Waals surface area (Å²) in [6.45, 7) is 5.82. The van der Waals surface area contributed by atoms with E-state index in [1.54, 1.807) is 7.05 Å². The summed E-state index contributed by atoms with van der Waals surface area (Å²) in [5.74, 6) is 0. The second-order valence-corrected chi connectivity index (χ2v) is 6.07. The number of rotatable bonds is 6. The number of aliphatic hydroxyl groups is 1. The van der Waals surface area contributed by atoms with Crippen LogP contribution < -0.4 is 10.6 Å². The Balaban J connectivity index is 2.71. The molecule has 0 saturated heterocycles. The molecule has 0 spiro atoms. The Labute approximate surface area is 126 Å². The minimum atomic E-state index is -0.692. The zero-order chi connectivity index (χ0) is 15.9. The first-order valence-electron chi connectivity index (χ1n) is 7.18. The van der Waals surface area contributed by atoms with E-state index >= 15 is 0 Å². The molecule has 0 aliphatic rings. The van der Waals surface area contributed by atoms with Gasteiger partial charge in [-0.15, -0.1) is 0 Å². The van der Waals surface area contributed by atoms with Crippen molar-refractivity contribution in [2.45, 2.75) is 44.9 Å². The van der Waals surface area contributed by atoms with Crippen LogP contribution in [0.3, 0.4) is 0 Å². The molecule has 5 nitrogen and oxygen atoms in total. The maximum atomic E-state index is 11.9. The number of aliphatic hydroxyl groups excluding tert-OH is 1. The van der Waals surface area contributed by atoms with Crippen LogP contribution in [0.5, 0.6) is 0 Å². The van der Waals surface area contributed by atoms with E-state index in [0.717, 1.165) is 5.56 Å². The summed E-state index contributed by atoms with van der Waals surface area (Å²) >= 11 is 0. The third-order valence-electron chi connectivity index (χ3n) is 2.88. The van der Waals surface area contributed by atoms with Crippen LogP contribution in [0.2, 0.25) is 0 Å². The van der Waals surface area contributed by atoms with Crippen molar-refractivity contribution in [2.75, 3.05) is 13.6 Å². The van der Waals surface area contributed by atoms with Crippen molar-refractivity contribution >= 4 is 6.09 Å². The molecule has 0 saturated carbocycles. The van der Waals surface area contributed by atoms with E-state index in [4.69, 9.17) is 4.74 Å². The molecular weight excluding hydrogens is 268 g/mol. The van der Waals surface area contributed by atoms with Crippen LogP contribution in [-0.4, -0.2) is 42.5 Å². The number of benzene rings is 1. The van der Waals surface area contributed by atoms with E-state index in [0.29, 0.717) is 13.0 Å². The maximum Gasteiger partial charge on any atom is 0.407 e. The van der Waals surface area contributed by atoms with Gasteiger partial charge in [0, 0.05) is 6.54 Å². The lowest BCUT2D eigenvalue weighted by molar-refractivity contribution is 0.0424. The molecule has 0 fully saturated rings. The van der Waals surface area contributed by atoms with E-state index in [2.05, 4.69) is 10.6 Å². The average molecular weight is 294 g/mol. The Kier molecular flexibility index (Phi) is 6.65. The molecule has 0 bridgehead atoms. The van der Waals surface area contributed by atoms with Crippen LogP contribution in [0.25, 0.3) is 0 Å². The number of carbonyl (C=O) groups is 1. The molecule has 0 radical (unpaired) electrons. The lowest BCUT2D eigenvalue weighted by atomic mass is 10.0. The van der Waals surface area contributed by atoms with Gasteiger partial charge >= 0.3 is 6.09 Å². The Morgan fingerprint density at radius 3 is 2.43 bits per heavy atom. The van der Waals surface area contributed by atoms with Gasteiger partial charge in [0.15, 0.2) is 0 Å². The fourth-order valence-electron chi connectivity index (χ4n) is 1.96. The molecule has 0 heterocycles. The van der Waals surface area contributed by atoms with Gasteiger partial charge in [-0.3, -0.25) is 0 Å². The molecule has 1 rings (SSSR count). The number of ether oxygens (including phenoxy) is 1. The molecule has 21 heavy (non-hydrogen) atoms. The van der Waals surface area contributed by atoms with Crippen molar-refractivity contribution in [3.63, 3.8) is 0 Å². The first-order chi connectivity index (χ1) is 9.81. The fourth-order valence-corrected chi connectivity index (χ4v) is 1.96. The molecule has 0 unspecified atom stereocenters. The monoisotopic (exact) mass is 294 g/mol. The first-order valence-corrected chi connectivity index (χ1v) is 7.18. The second kappa shape index (κ2) is 8.00. The van der Waals surface area contributed by atoms with Gasteiger partial charge in [-0.1, -0.05) is 30.3 Å². The number of alkyl carbamates (subject to hydrolysis) is 1. The van der Waals surface area contributed by atoms with E-state index in [-0.39, 0.29) is 0 Å². The molecular formula is C16H26N2O3. The highest BCUT2D eigenvalue weighted by atomic mass is 16.6. The minimum absolute atomic E-state index is 0.396. The number of nitrogens with one attached hydrogen (secondary N) is 2. The molecule has 1 aromatic carbocycles. The average Bonchev–Trinajstić information content (AvgIpc) is 2.37. The summed E-state index contributed by atoms with van der Waals surface area (Å²) < 4.78 is 5.25. The summed E-state index contributed by atoms with van der Waals surface area (Å²) in [7, 11) is 1.76. The van der Waals surface area contributed by atoms with Gasteiger partial charge in [0.05, 0.1) is 12.1 Å². The quantitative estimate of drug-likeness (QED) is 0.747. The van der Waals surface area contributed by atoms with Gasteiger partial charge in [0.1, 0.15) is 5.60 Å². The van der Waals surface area contributed by atoms with E-state index in [1.165, 1.54) is 0 Å². The zero-order valence-corrected chi connectivity index (χ0v) is 13.2. The predicted molar refractivity (Wildman–Crippen MR) is 83.2 cm³/mol. The van der Waals surface area contributed by atoms with Crippen molar-refractivity contribution < 1.29 is 14.6 Å². The van der Waals surface area contributed by atoms with Gasteiger partial charge in [0.2, 0.25) is 0 Å². The Morgan fingerprint density at radius 1 is 1.29 bits per heavy atom. The summed E-state index contributed by atoms with van der Waals surface area (Å²) in [6.07, 6.45) is -0.663. The van der Waals surface area contributed by atoms with Crippen molar-refractivity contribution in [3.8, 4) is 0 Å². The molecule has 0 aliphatic carbocycles. The number of carbonyl (C=O) groups excluding carboxylic acids is 1. The number of amides is 1. The maximum absolute atomic E-state index is 11.9. The highest BCUT2D eigenvalue weighted by Gasteiger charge is 2.24. The second-order valence-electron chi connectivity index (χ2n) is 6.07. The molecule has 5 heteroatoms. The summed E-state index contributed by atoms with van der Waals surface area (Å²) in [4.78, 5) is 11.9. The van der Waals surface area contributed by atoms with Crippen LogP contribution in [0.15, 0.2) is 30.3 Å². The normalized spacial score (nSPS) is 14.3. The molecule has 1 aromatic rings. The van der Waals surface area contributed by atoms with E-state index < -0.39 is 23.8 Å². The van der Waals surface area contributed by atoms with Gasteiger partial charge in [-0.05, 0) is 39.8 Å². The third kappa shape index (κ3) is 7.11. The van der Waals surface area contributed by atoms with Crippen LogP contribution >= 0.6 is 0 Å². The summed E-state index contributed by atoms with van der Waals surface area (Å²) in [5, 5.41) is 15.9. The molecule has 2 atom stereocenters. The van der Waals surface area contributed by atoms with E-state index in [9.17, 15) is 9.90 Å². The molecule has 0 aromatic heterocycles. The van der Waals surface area contributed by atoms with Gasteiger partial charge in [-0.25, -0.2) is 4.79 Å². The lowest BCUT2D eigenvalue weighted by Gasteiger charge is -2.26. The topological polar surface area (TPSA) is 70.6 Å². The minimum Gasteiger partial charge on any atom is -0.444 e. The zero-order valence-electron chi connectivity index (χ0n) is 13.2. The smallest absolute Gasteiger partial charge is 0.407 e. The van der Waals surface area contributed by atoms with Gasteiger partial charge in [-0.2, -0.15) is 0 Å². The predicted octanol–water partition coefficient (Wildman–Crippen LogP) is 1.70. The SMILES string of the molecule is CNC[C@H](O)[C@@H](Cc1ccccc1)NC(=O)OC(C)(C)C. The van der Waals surface area contributed by atoms with Crippen LogP contribution in [0.1, 0.15) is 26.3 Å². The van der Waals surface area contributed by atoms with Crippen molar-refractivity contribution in [1.29, 1.82) is 0 Å². The summed E-state index contributed by atoms with van der Waals surface area (Å²) in [6, 6.07) is 9.33. The Morgan fingerprint density at radius 2 is 1.90 bits per heavy atom. The molecule has 3 N–H and O–H groups in total. The molecule has 1 amide bonds. The highest BCUT2D eigenvalue weighted by Crippen LogP contribution is 2.10. The number of hydrogen-bond acceptors (Lipinski definition) is 4. The lowest BCUT2D eigenvalue weighted by Crippen LogP contribution is -2.49. The largest absolute Gasteiger partial charge is 0.444 e. The fraction of sp³-hybridized carbons (Fsp3) is 0.562. The Hall–Kier alpha value is -1.59. The van der Waals surface area contributed by atoms with E-state index in [1.807, 2.05) is 51.1 Å². The number of likely N-dealkylation sites (N-methyl/N-ethyl adjacent to an activating group) is 1. The molecule has 118 valence electrons. The summed E-state index contributed by atoms with van der Waals surface area (Å²) in [5.41, 5.74) is 0.490. The van der Waals surface area contributed by atoms with Crippen molar-refractivity contribution in [3.05, 3.63) is 35.9 Å². The molecule has 0 aliphatic heterocycles. The highest BCUT2D eigenvalue weighted by molar-refractivity contribution is 5.68. The van der Waals surface area contributed by atoms with Crippen molar-refractivity contribution in [1.82, 2.24) is 10.6 Å². The van der Waals surface area contributed by atoms with Crippen LogP contribution in [0, 0.1) is 0 Å². The van der Waals surface area contributed by atoms with Crippen molar-refractivity contribution in [2.24, 2.45) is 0 Å². The third-order valence-corrected chi connectivity index (χ3v) is 2.88. The first kappa shape index (κ1) is 17.5. The standard InChI is InChI=1S/C16H26N2O3/c1-16(2,3)21-15(20)18-13(14(19)11-17-4)10-12-8-6-5-7-9-12/h5-9,13-14,17,19H,10-11H2,1-4H3,(H,18,20)/t13-,14+/m1/s1. The Bertz CT molecular complexity index is 429.